The average molecular weight is 420 g/mol. The molecule has 1 amide bonds. The molecule has 31 heavy (non-hydrogen) atoms. The molecule has 0 aliphatic rings. The monoisotopic (exact) mass is 419 g/mol. The smallest absolute Gasteiger partial charge is 0.273 e. The highest BCUT2D eigenvalue weighted by atomic mass is 16.3. The highest BCUT2D eigenvalue weighted by Gasteiger charge is 2.22. The summed E-state index contributed by atoms with van der Waals surface area (Å²) in [5.41, 5.74) is 1.73. The largest absolute Gasteiger partial charge is 0.384 e. The quantitative estimate of drug-likeness (QED) is 0.603. The third kappa shape index (κ3) is 5.44. The minimum atomic E-state index is -1.04. The maximum absolute atomic E-state index is 13.3. The standard InChI is InChI=1S/C24H29N5O2/c1-5-29(17-16-28(4)23-26-15-13-20(27-23)24(2,3)31)22(30)21-19(12-9-14-25-21)18-10-7-6-8-11-18/h6-15,31H,5,16-17H2,1-4H3. The minimum absolute atomic E-state index is 0.110. The Balaban J connectivity index is 1.75. The fourth-order valence-corrected chi connectivity index (χ4v) is 3.22. The van der Waals surface area contributed by atoms with Crippen LogP contribution in [0.2, 0.25) is 0 Å². The number of carbonyl (C=O) groups excluding carboxylic acids is 1. The van der Waals surface area contributed by atoms with Crippen LogP contribution in [-0.4, -0.2) is 57.5 Å². The highest BCUT2D eigenvalue weighted by molar-refractivity contribution is 5.98. The predicted molar refractivity (Wildman–Crippen MR) is 122 cm³/mol. The van der Waals surface area contributed by atoms with Crippen LogP contribution in [0, 0.1) is 0 Å². The van der Waals surface area contributed by atoms with Gasteiger partial charge in [0.25, 0.3) is 5.91 Å². The maximum Gasteiger partial charge on any atom is 0.273 e. The molecule has 0 saturated carbocycles. The number of aromatic nitrogens is 3. The molecule has 162 valence electrons. The molecule has 2 heterocycles. The van der Waals surface area contributed by atoms with Gasteiger partial charge >= 0.3 is 0 Å². The van der Waals surface area contributed by atoms with Gasteiger partial charge in [0.2, 0.25) is 5.95 Å². The molecule has 0 spiro atoms. The van der Waals surface area contributed by atoms with E-state index < -0.39 is 5.60 Å². The van der Waals surface area contributed by atoms with Crippen molar-refractivity contribution in [1.82, 2.24) is 19.9 Å². The summed E-state index contributed by atoms with van der Waals surface area (Å²) >= 11 is 0. The van der Waals surface area contributed by atoms with E-state index in [0.29, 0.717) is 37.0 Å². The highest BCUT2D eigenvalue weighted by Crippen LogP contribution is 2.23. The number of aliphatic hydroxyl groups is 1. The predicted octanol–water partition coefficient (Wildman–Crippen LogP) is 3.36. The second kappa shape index (κ2) is 9.66. The van der Waals surface area contributed by atoms with E-state index in [-0.39, 0.29) is 5.91 Å². The van der Waals surface area contributed by atoms with Gasteiger partial charge in [-0.25, -0.2) is 9.97 Å². The lowest BCUT2D eigenvalue weighted by Gasteiger charge is -2.26. The molecule has 3 aromatic rings. The van der Waals surface area contributed by atoms with Gasteiger partial charge in [-0.1, -0.05) is 36.4 Å². The first-order valence-electron chi connectivity index (χ1n) is 10.4. The van der Waals surface area contributed by atoms with Gasteiger partial charge < -0.3 is 14.9 Å². The van der Waals surface area contributed by atoms with Crippen LogP contribution in [0.3, 0.4) is 0 Å². The summed E-state index contributed by atoms with van der Waals surface area (Å²) in [5.74, 6) is 0.396. The Kier molecular flexibility index (Phi) is 6.97. The van der Waals surface area contributed by atoms with Crippen LogP contribution in [0.25, 0.3) is 11.1 Å². The number of rotatable bonds is 8. The number of hydrogen-bond donors (Lipinski definition) is 1. The lowest BCUT2D eigenvalue weighted by molar-refractivity contribution is 0.0737. The summed E-state index contributed by atoms with van der Waals surface area (Å²) in [4.78, 5) is 30.1. The average Bonchev–Trinajstić information content (AvgIpc) is 2.79. The molecule has 0 aliphatic heterocycles. The van der Waals surface area contributed by atoms with Crippen LogP contribution in [-0.2, 0) is 5.60 Å². The zero-order valence-electron chi connectivity index (χ0n) is 18.5. The summed E-state index contributed by atoms with van der Waals surface area (Å²) in [6, 6.07) is 15.3. The number of likely N-dealkylation sites (N-methyl/N-ethyl adjacent to an activating group) is 2. The SMILES string of the molecule is CCN(CCN(C)c1nccc(C(C)(C)O)n1)C(=O)c1ncccc1-c1ccccc1. The van der Waals surface area contributed by atoms with E-state index in [1.54, 1.807) is 37.2 Å². The fraction of sp³-hybridized carbons (Fsp3) is 0.333. The van der Waals surface area contributed by atoms with Crippen molar-refractivity contribution in [1.29, 1.82) is 0 Å². The van der Waals surface area contributed by atoms with Gasteiger partial charge in [0.05, 0.1) is 5.69 Å². The van der Waals surface area contributed by atoms with Crippen LogP contribution >= 0.6 is 0 Å². The van der Waals surface area contributed by atoms with Gasteiger partial charge in [-0.2, -0.15) is 0 Å². The zero-order chi connectivity index (χ0) is 22.4. The molecule has 0 fully saturated rings. The Morgan fingerprint density at radius 1 is 1.00 bits per heavy atom. The van der Waals surface area contributed by atoms with Crippen LogP contribution < -0.4 is 4.90 Å². The van der Waals surface area contributed by atoms with E-state index in [2.05, 4.69) is 15.0 Å². The zero-order valence-corrected chi connectivity index (χ0v) is 18.5. The van der Waals surface area contributed by atoms with Crippen molar-refractivity contribution in [3.63, 3.8) is 0 Å². The number of anilines is 1. The fourth-order valence-electron chi connectivity index (χ4n) is 3.22. The van der Waals surface area contributed by atoms with Crippen LogP contribution in [0.1, 0.15) is 37.0 Å². The molecule has 7 heteroatoms. The second-order valence-electron chi connectivity index (χ2n) is 7.87. The van der Waals surface area contributed by atoms with Crippen molar-refractivity contribution in [2.45, 2.75) is 26.4 Å². The van der Waals surface area contributed by atoms with Gasteiger partial charge in [-0.3, -0.25) is 9.78 Å². The molecule has 3 rings (SSSR count). The number of carbonyl (C=O) groups is 1. The second-order valence-corrected chi connectivity index (χ2v) is 7.87. The molecule has 0 bridgehead atoms. The Labute approximate surface area is 183 Å². The number of benzene rings is 1. The number of hydrogen-bond acceptors (Lipinski definition) is 6. The Hall–Kier alpha value is -3.32. The Bertz CT molecular complexity index is 1020. The molecule has 7 nitrogen and oxygen atoms in total. The normalized spacial score (nSPS) is 11.3. The number of pyridine rings is 1. The topological polar surface area (TPSA) is 82.5 Å². The van der Waals surface area contributed by atoms with E-state index in [1.807, 2.05) is 61.3 Å². The van der Waals surface area contributed by atoms with E-state index in [9.17, 15) is 9.90 Å². The van der Waals surface area contributed by atoms with Crippen molar-refractivity contribution in [3.8, 4) is 11.1 Å². The molecule has 1 aromatic carbocycles. The minimum Gasteiger partial charge on any atom is -0.384 e. The summed E-state index contributed by atoms with van der Waals surface area (Å²) in [7, 11) is 1.87. The van der Waals surface area contributed by atoms with Crippen molar-refractivity contribution in [2.75, 3.05) is 31.6 Å². The van der Waals surface area contributed by atoms with Gasteiger partial charge in [-0.15, -0.1) is 0 Å². The van der Waals surface area contributed by atoms with Gasteiger partial charge in [0.1, 0.15) is 11.3 Å². The van der Waals surface area contributed by atoms with Gasteiger partial charge in [0, 0.05) is 44.6 Å². The third-order valence-corrected chi connectivity index (χ3v) is 5.08. The van der Waals surface area contributed by atoms with Crippen molar-refractivity contribution >= 4 is 11.9 Å². The first-order valence-corrected chi connectivity index (χ1v) is 10.4. The van der Waals surface area contributed by atoms with Crippen molar-refractivity contribution in [3.05, 3.63) is 72.3 Å². The Morgan fingerprint density at radius 2 is 1.74 bits per heavy atom. The summed E-state index contributed by atoms with van der Waals surface area (Å²) in [6.45, 7) is 6.92. The molecule has 0 unspecified atom stereocenters. The Morgan fingerprint density at radius 3 is 2.42 bits per heavy atom. The number of amides is 1. The van der Waals surface area contributed by atoms with Crippen LogP contribution in [0.15, 0.2) is 60.9 Å². The van der Waals surface area contributed by atoms with E-state index in [1.165, 1.54) is 0 Å². The molecule has 1 N–H and O–H groups in total. The molecule has 0 aliphatic carbocycles. The van der Waals surface area contributed by atoms with Gasteiger partial charge in [0.15, 0.2) is 0 Å². The molecule has 0 saturated heterocycles. The first-order chi connectivity index (χ1) is 14.8. The lowest BCUT2D eigenvalue weighted by atomic mass is 10.0. The first kappa shape index (κ1) is 22.4. The lowest BCUT2D eigenvalue weighted by Crippen LogP contribution is -2.38. The molecule has 2 aromatic heterocycles. The van der Waals surface area contributed by atoms with Crippen molar-refractivity contribution in [2.24, 2.45) is 0 Å². The molecular formula is C24H29N5O2. The van der Waals surface area contributed by atoms with Crippen LogP contribution in [0.4, 0.5) is 5.95 Å². The van der Waals surface area contributed by atoms with Crippen LogP contribution in [0.5, 0.6) is 0 Å². The van der Waals surface area contributed by atoms with Crippen molar-refractivity contribution < 1.29 is 9.90 Å². The summed E-state index contributed by atoms with van der Waals surface area (Å²) in [5, 5.41) is 10.2. The van der Waals surface area contributed by atoms with E-state index in [4.69, 9.17) is 0 Å². The van der Waals surface area contributed by atoms with Gasteiger partial charge in [-0.05, 0) is 38.5 Å². The molecular weight excluding hydrogens is 390 g/mol. The molecule has 0 radical (unpaired) electrons. The van der Waals surface area contributed by atoms with E-state index in [0.717, 1.165) is 11.1 Å². The summed E-state index contributed by atoms with van der Waals surface area (Å²) < 4.78 is 0. The van der Waals surface area contributed by atoms with E-state index >= 15 is 0 Å². The number of nitrogens with zero attached hydrogens (tertiary/aromatic N) is 5. The maximum atomic E-state index is 13.3. The molecule has 0 atom stereocenters. The third-order valence-electron chi connectivity index (χ3n) is 5.08. The summed E-state index contributed by atoms with van der Waals surface area (Å²) in [6.07, 6.45) is 3.28.